The van der Waals surface area contributed by atoms with Gasteiger partial charge in [0.1, 0.15) is 11.5 Å². The van der Waals surface area contributed by atoms with Crippen molar-refractivity contribution in [2.24, 2.45) is 0 Å². The second-order valence-corrected chi connectivity index (χ2v) is 5.01. The van der Waals surface area contributed by atoms with E-state index in [-0.39, 0.29) is 0 Å². The summed E-state index contributed by atoms with van der Waals surface area (Å²) in [6.45, 7) is 0. The molecule has 0 amide bonds. The molecule has 0 aromatic heterocycles. The highest BCUT2D eigenvalue weighted by atomic mass is 16.5. The predicted octanol–water partition coefficient (Wildman–Crippen LogP) is 5.04. The van der Waals surface area contributed by atoms with E-state index in [4.69, 9.17) is 9.47 Å². The average molecular weight is 290 g/mol. The van der Waals surface area contributed by atoms with Crippen LogP contribution in [-0.2, 0) is 0 Å². The van der Waals surface area contributed by atoms with E-state index in [0.717, 1.165) is 28.2 Å². The number of rotatable bonds is 4. The summed E-state index contributed by atoms with van der Waals surface area (Å²) in [5, 5.41) is 0. The fraction of sp³-hybridized carbons (Fsp3) is 0.100. The number of hydrogen-bond donors (Lipinski definition) is 0. The first-order valence-electron chi connectivity index (χ1n) is 7.19. The van der Waals surface area contributed by atoms with Gasteiger partial charge in [-0.1, -0.05) is 48.5 Å². The molecule has 0 unspecified atom stereocenters. The Morgan fingerprint density at radius 1 is 0.545 bits per heavy atom. The molecule has 0 radical (unpaired) electrons. The van der Waals surface area contributed by atoms with Crippen LogP contribution in [0.2, 0.25) is 0 Å². The van der Waals surface area contributed by atoms with Crippen molar-refractivity contribution in [1.29, 1.82) is 0 Å². The second kappa shape index (κ2) is 6.35. The summed E-state index contributed by atoms with van der Waals surface area (Å²) >= 11 is 0. The molecule has 0 aliphatic rings. The first-order chi connectivity index (χ1) is 10.8. The minimum Gasteiger partial charge on any atom is -0.497 e. The van der Waals surface area contributed by atoms with Crippen molar-refractivity contribution in [3.8, 4) is 33.8 Å². The van der Waals surface area contributed by atoms with Crippen molar-refractivity contribution in [1.82, 2.24) is 0 Å². The smallest absolute Gasteiger partial charge is 0.119 e. The van der Waals surface area contributed by atoms with Gasteiger partial charge in [0.15, 0.2) is 0 Å². The first-order valence-corrected chi connectivity index (χ1v) is 7.19. The molecule has 0 saturated carbocycles. The van der Waals surface area contributed by atoms with E-state index >= 15 is 0 Å². The maximum Gasteiger partial charge on any atom is 0.119 e. The molecule has 110 valence electrons. The highest BCUT2D eigenvalue weighted by molar-refractivity contribution is 5.84. The van der Waals surface area contributed by atoms with Crippen LogP contribution in [0.4, 0.5) is 0 Å². The molecular formula is C20H18O2. The molecule has 2 heteroatoms. The Bertz CT molecular complexity index is 764. The van der Waals surface area contributed by atoms with E-state index < -0.39 is 0 Å². The molecule has 0 spiro atoms. The van der Waals surface area contributed by atoms with Gasteiger partial charge in [-0.05, 0) is 46.5 Å². The van der Waals surface area contributed by atoms with Gasteiger partial charge in [0, 0.05) is 0 Å². The molecule has 2 nitrogen and oxygen atoms in total. The molecule has 0 N–H and O–H groups in total. The van der Waals surface area contributed by atoms with Crippen molar-refractivity contribution in [3.63, 3.8) is 0 Å². The minimum absolute atomic E-state index is 0.852. The Morgan fingerprint density at radius 3 is 1.95 bits per heavy atom. The predicted molar refractivity (Wildman–Crippen MR) is 90.4 cm³/mol. The molecule has 0 aliphatic heterocycles. The maximum atomic E-state index is 5.39. The van der Waals surface area contributed by atoms with E-state index in [1.54, 1.807) is 14.2 Å². The zero-order chi connectivity index (χ0) is 15.4. The van der Waals surface area contributed by atoms with Crippen LogP contribution < -0.4 is 9.47 Å². The van der Waals surface area contributed by atoms with Crippen LogP contribution in [-0.4, -0.2) is 14.2 Å². The summed E-state index contributed by atoms with van der Waals surface area (Å²) in [7, 11) is 3.38. The maximum absolute atomic E-state index is 5.39. The van der Waals surface area contributed by atoms with E-state index in [1.807, 2.05) is 42.5 Å². The quantitative estimate of drug-likeness (QED) is 0.670. The molecule has 3 aromatic rings. The van der Waals surface area contributed by atoms with Crippen molar-refractivity contribution in [2.45, 2.75) is 0 Å². The van der Waals surface area contributed by atoms with Gasteiger partial charge in [0.25, 0.3) is 0 Å². The van der Waals surface area contributed by atoms with E-state index in [1.165, 1.54) is 5.56 Å². The highest BCUT2D eigenvalue weighted by Gasteiger charge is 2.09. The molecule has 0 atom stereocenters. The van der Waals surface area contributed by atoms with Gasteiger partial charge >= 0.3 is 0 Å². The third-order valence-electron chi connectivity index (χ3n) is 3.69. The van der Waals surface area contributed by atoms with Gasteiger partial charge in [-0.3, -0.25) is 0 Å². The summed E-state index contributed by atoms with van der Waals surface area (Å²) in [6.07, 6.45) is 0. The lowest BCUT2D eigenvalue weighted by Crippen LogP contribution is -1.89. The van der Waals surface area contributed by atoms with Crippen molar-refractivity contribution < 1.29 is 9.47 Å². The van der Waals surface area contributed by atoms with Crippen LogP contribution >= 0.6 is 0 Å². The summed E-state index contributed by atoms with van der Waals surface area (Å²) in [5.74, 6) is 1.71. The van der Waals surface area contributed by atoms with Gasteiger partial charge in [-0.25, -0.2) is 0 Å². The number of methoxy groups -OCH3 is 2. The van der Waals surface area contributed by atoms with E-state index in [2.05, 4.69) is 30.3 Å². The summed E-state index contributed by atoms with van der Waals surface area (Å²) in [6, 6.07) is 24.6. The Morgan fingerprint density at radius 2 is 1.23 bits per heavy atom. The van der Waals surface area contributed by atoms with Crippen LogP contribution in [0.3, 0.4) is 0 Å². The number of hydrogen-bond acceptors (Lipinski definition) is 2. The fourth-order valence-corrected chi connectivity index (χ4v) is 2.55. The third-order valence-corrected chi connectivity index (χ3v) is 3.69. The first kappa shape index (κ1) is 14.2. The normalized spacial score (nSPS) is 10.3. The largest absolute Gasteiger partial charge is 0.497 e. The van der Waals surface area contributed by atoms with Gasteiger partial charge in [-0.15, -0.1) is 0 Å². The van der Waals surface area contributed by atoms with Crippen LogP contribution in [0.5, 0.6) is 11.5 Å². The molecule has 3 rings (SSSR count). The Hall–Kier alpha value is -2.74. The number of ether oxygens (including phenoxy) is 2. The topological polar surface area (TPSA) is 18.5 Å². The Labute approximate surface area is 131 Å². The van der Waals surface area contributed by atoms with Gasteiger partial charge in [0.05, 0.1) is 14.2 Å². The van der Waals surface area contributed by atoms with Crippen LogP contribution in [0, 0.1) is 0 Å². The van der Waals surface area contributed by atoms with Gasteiger partial charge in [-0.2, -0.15) is 0 Å². The SMILES string of the molecule is COc1cccc(-c2ccc(OC)cc2-c2ccccc2)c1. The fourth-order valence-electron chi connectivity index (χ4n) is 2.55. The molecule has 3 aromatic carbocycles. The lowest BCUT2D eigenvalue weighted by Gasteiger charge is -2.13. The minimum atomic E-state index is 0.852. The van der Waals surface area contributed by atoms with Crippen molar-refractivity contribution in [2.75, 3.05) is 14.2 Å². The summed E-state index contributed by atoms with van der Waals surface area (Å²) in [4.78, 5) is 0. The zero-order valence-corrected chi connectivity index (χ0v) is 12.7. The van der Waals surface area contributed by atoms with Crippen LogP contribution in [0.1, 0.15) is 0 Å². The van der Waals surface area contributed by atoms with Crippen molar-refractivity contribution >= 4 is 0 Å². The molecule has 0 fully saturated rings. The van der Waals surface area contributed by atoms with Crippen molar-refractivity contribution in [3.05, 3.63) is 72.8 Å². The van der Waals surface area contributed by atoms with Crippen LogP contribution in [0.25, 0.3) is 22.3 Å². The van der Waals surface area contributed by atoms with Crippen LogP contribution in [0.15, 0.2) is 72.8 Å². The molecule has 0 saturated heterocycles. The van der Waals surface area contributed by atoms with Gasteiger partial charge < -0.3 is 9.47 Å². The Kier molecular flexibility index (Phi) is 4.10. The monoisotopic (exact) mass is 290 g/mol. The lowest BCUT2D eigenvalue weighted by molar-refractivity contribution is 0.415. The molecule has 0 heterocycles. The standard InChI is InChI=1S/C20H18O2/c1-21-17-10-6-9-16(13-17)19-12-11-18(22-2)14-20(19)15-7-4-3-5-8-15/h3-14H,1-2H3. The van der Waals surface area contributed by atoms with E-state index in [0.29, 0.717) is 0 Å². The van der Waals surface area contributed by atoms with E-state index in [9.17, 15) is 0 Å². The molecule has 0 bridgehead atoms. The highest BCUT2D eigenvalue weighted by Crippen LogP contribution is 2.36. The van der Waals surface area contributed by atoms with Gasteiger partial charge in [0.2, 0.25) is 0 Å². The third kappa shape index (κ3) is 2.82. The average Bonchev–Trinajstić information content (AvgIpc) is 2.62. The summed E-state index contributed by atoms with van der Waals surface area (Å²) in [5.41, 5.74) is 4.60. The zero-order valence-electron chi connectivity index (χ0n) is 12.7. The number of benzene rings is 3. The summed E-state index contributed by atoms with van der Waals surface area (Å²) < 4.78 is 10.7. The molecule has 0 aliphatic carbocycles. The Balaban J connectivity index is 2.18. The molecular weight excluding hydrogens is 272 g/mol. The molecule has 22 heavy (non-hydrogen) atoms. The lowest BCUT2D eigenvalue weighted by atomic mass is 9.94. The second-order valence-electron chi connectivity index (χ2n) is 5.01.